The normalized spacial score (nSPS) is 15.0. The largest absolute Gasteiger partial charge is 0.486 e. The molecule has 0 fully saturated rings. The Morgan fingerprint density at radius 1 is 1.03 bits per heavy atom. The van der Waals surface area contributed by atoms with Crippen LogP contribution in [0.5, 0.6) is 11.5 Å². The summed E-state index contributed by atoms with van der Waals surface area (Å²) in [6.07, 6.45) is -0.329. The van der Waals surface area contributed by atoms with Crippen molar-refractivity contribution in [1.29, 1.82) is 0 Å². The van der Waals surface area contributed by atoms with Gasteiger partial charge in [0.05, 0.1) is 24.9 Å². The highest BCUT2D eigenvalue weighted by atomic mass is 16.6. The lowest BCUT2D eigenvalue weighted by molar-refractivity contribution is 0.0602. The van der Waals surface area contributed by atoms with Crippen LogP contribution in [-0.2, 0) is 4.74 Å². The Morgan fingerprint density at radius 2 is 1.72 bits per heavy atom. The second-order valence-electron chi connectivity index (χ2n) is 6.45. The van der Waals surface area contributed by atoms with Crippen LogP contribution in [0.25, 0.3) is 0 Å². The highest BCUT2D eigenvalue weighted by Gasteiger charge is 2.25. The first-order valence-corrected chi connectivity index (χ1v) is 8.98. The third kappa shape index (κ3) is 3.52. The number of benzene rings is 2. The van der Waals surface area contributed by atoms with Crippen molar-refractivity contribution in [2.45, 2.75) is 6.10 Å². The van der Waals surface area contributed by atoms with Crippen molar-refractivity contribution >= 4 is 23.0 Å². The summed E-state index contributed by atoms with van der Waals surface area (Å²) in [4.78, 5) is 36.0. The number of methoxy groups -OCH3 is 1. The molecule has 4 rings (SSSR count). The van der Waals surface area contributed by atoms with Crippen LogP contribution in [0.15, 0.2) is 58.1 Å². The summed E-state index contributed by atoms with van der Waals surface area (Å²) in [6, 6.07) is 13.9. The Morgan fingerprint density at radius 3 is 2.52 bits per heavy atom. The molecule has 3 aromatic carbocycles. The van der Waals surface area contributed by atoms with E-state index in [1.54, 1.807) is 30.3 Å². The average molecular weight is 394 g/mol. The number of carbonyl (C=O) groups excluding carboxylic acids is 1. The molecule has 1 aliphatic heterocycles. The lowest BCUT2D eigenvalue weighted by atomic mass is 10.1. The van der Waals surface area contributed by atoms with Gasteiger partial charge in [0, 0.05) is 0 Å². The van der Waals surface area contributed by atoms with Crippen molar-refractivity contribution in [3.05, 3.63) is 74.5 Å². The summed E-state index contributed by atoms with van der Waals surface area (Å²) >= 11 is 0. The van der Waals surface area contributed by atoms with Crippen LogP contribution in [0.2, 0.25) is 0 Å². The van der Waals surface area contributed by atoms with Gasteiger partial charge in [0.2, 0.25) is 0 Å². The Hall–Kier alpha value is -3.81. The first-order chi connectivity index (χ1) is 14.1. The highest BCUT2D eigenvalue weighted by Crippen LogP contribution is 2.31. The number of esters is 1. The molecule has 0 spiro atoms. The molecule has 1 heterocycles. The van der Waals surface area contributed by atoms with Crippen LogP contribution >= 0.6 is 0 Å². The Bertz CT molecular complexity index is 1130. The predicted octanol–water partition coefficient (Wildman–Crippen LogP) is 2.06. The summed E-state index contributed by atoms with van der Waals surface area (Å²) in [5.41, 5.74) is -0.394. The van der Waals surface area contributed by atoms with Gasteiger partial charge in [0.25, 0.3) is 10.9 Å². The summed E-state index contributed by atoms with van der Waals surface area (Å²) in [7, 11) is 1.27. The smallest absolute Gasteiger partial charge is 0.339 e. The van der Waals surface area contributed by atoms with E-state index in [-0.39, 0.29) is 29.6 Å². The van der Waals surface area contributed by atoms with Gasteiger partial charge in [0.1, 0.15) is 24.1 Å². The van der Waals surface area contributed by atoms with Gasteiger partial charge in [0.15, 0.2) is 11.5 Å². The van der Waals surface area contributed by atoms with Gasteiger partial charge in [-0.15, -0.1) is 0 Å². The molecule has 1 atom stereocenters. The van der Waals surface area contributed by atoms with E-state index in [1.165, 1.54) is 7.11 Å². The number of fused-ring (bicyclic) bond motifs is 1. The number of hydrogen-bond donors (Lipinski definition) is 2. The van der Waals surface area contributed by atoms with E-state index in [9.17, 15) is 14.4 Å². The molecular weight excluding hydrogens is 376 g/mol. The van der Waals surface area contributed by atoms with Gasteiger partial charge >= 0.3 is 5.97 Å². The van der Waals surface area contributed by atoms with Gasteiger partial charge < -0.3 is 24.8 Å². The lowest BCUT2D eigenvalue weighted by Gasteiger charge is -2.27. The third-order valence-electron chi connectivity index (χ3n) is 4.58. The maximum absolute atomic E-state index is 12.1. The summed E-state index contributed by atoms with van der Waals surface area (Å²) in [5, 5.41) is 5.83. The van der Waals surface area contributed by atoms with Crippen LogP contribution in [-0.4, -0.2) is 32.3 Å². The molecule has 2 N–H and O–H groups in total. The molecule has 0 saturated heterocycles. The Balaban J connectivity index is 1.48. The number of nitrogens with one attached hydrogen (secondary N) is 2. The molecule has 8 nitrogen and oxygen atoms in total. The van der Waals surface area contributed by atoms with Crippen LogP contribution in [0.1, 0.15) is 10.4 Å². The van der Waals surface area contributed by atoms with Gasteiger partial charge in [-0.25, -0.2) is 4.79 Å². The number of ether oxygens (including phenoxy) is 3. The van der Waals surface area contributed by atoms with E-state index in [2.05, 4.69) is 10.6 Å². The molecular formula is C21H18N2O6. The van der Waals surface area contributed by atoms with Crippen molar-refractivity contribution in [3.63, 3.8) is 0 Å². The van der Waals surface area contributed by atoms with Crippen molar-refractivity contribution < 1.29 is 19.0 Å². The fourth-order valence-corrected chi connectivity index (χ4v) is 3.07. The van der Waals surface area contributed by atoms with Gasteiger partial charge in [-0.2, -0.15) is 0 Å². The monoisotopic (exact) mass is 394 g/mol. The Labute approximate surface area is 165 Å². The third-order valence-corrected chi connectivity index (χ3v) is 4.58. The zero-order chi connectivity index (χ0) is 20.4. The second-order valence-corrected chi connectivity index (χ2v) is 6.45. The molecule has 1 unspecified atom stereocenters. The SMILES string of the molecule is COC(=O)c1ccccc1Nc1c(NCC2COc3ccccc3O2)c(=O)c1=O. The van der Waals surface area contributed by atoms with Crippen LogP contribution in [0, 0.1) is 0 Å². The van der Waals surface area contributed by atoms with E-state index in [1.807, 2.05) is 18.2 Å². The fraction of sp³-hybridized carbons (Fsp3) is 0.190. The number of carbonyl (C=O) groups is 1. The zero-order valence-electron chi connectivity index (χ0n) is 15.6. The zero-order valence-corrected chi connectivity index (χ0v) is 15.6. The molecule has 0 radical (unpaired) electrons. The van der Waals surface area contributed by atoms with Crippen LogP contribution < -0.4 is 31.0 Å². The maximum atomic E-state index is 12.1. The first kappa shape index (κ1) is 18.5. The summed E-state index contributed by atoms with van der Waals surface area (Å²) in [5.74, 6) is 0.744. The van der Waals surface area contributed by atoms with Crippen molar-refractivity contribution in [1.82, 2.24) is 0 Å². The number of hydrogen-bond acceptors (Lipinski definition) is 8. The summed E-state index contributed by atoms with van der Waals surface area (Å²) in [6.45, 7) is 0.583. The first-order valence-electron chi connectivity index (χ1n) is 8.98. The highest BCUT2D eigenvalue weighted by molar-refractivity contribution is 5.97. The van der Waals surface area contributed by atoms with Gasteiger partial charge in [-0.1, -0.05) is 24.3 Å². The quantitative estimate of drug-likeness (QED) is 0.484. The number of anilines is 3. The molecule has 0 bridgehead atoms. The Kier molecular flexibility index (Phi) is 4.90. The molecule has 8 heteroatoms. The molecule has 148 valence electrons. The van der Waals surface area contributed by atoms with E-state index in [0.29, 0.717) is 23.8 Å². The van der Waals surface area contributed by atoms with Crippen molar-refractivity contribution in [2.24, 2.45) is 0 Å². The maximum Gasteiger partial charge on any atom is 0.339 e. The van der Waals surface area contributed by atoms with Crippen molar-refractivity contribution in [3.8, 4) is 11.5 Å². The predicted molar refractivity (Wildman–Crippen MR) is 107 cm³/mol. The van der Waals surface area contributed by atoms with Crippen molar-refractivity contribution in [2.75, 3.05) is 30.9 Å². The van der Waals surface area contributed by atoms with E-state index >= 15 is 0 Å². The van der Waals surface area contributed by atoms with E-state index in [0.717, 1.165) is 0 Å². The summed E-state index contributed by atoms with van der Waals surface area (Å²) < 4.78 is 16.2. The molecule has 0 aliphatic carbocycles. The van der Waals surface area contributed by atoms with E-state index < -0.39 is 16.8 Å². The minimum absolute atomic E-state index is 0.100. The molecule has 0 saturated carbocycles. The molecule has 3 aromatic rings. The van der Waals surface area contributed by atoms with E-state index in [4.69, 9.17) is 14.2 Å². The fourth-order valence-electron chi connectivity index (χ4n) is 3.07. The molecule has 29 heavy (non-hydrogen) atoms. The standard InChI is InChI=1S/C21H18N2O6/c1-27-21(26)13-6-2-3-7-14(13)23-18-17(19(24)20(18)25)22-10-12-11-28-15-8-4-5-9-16(15)29-12/h2-9,12,22-23H,10-11H2,1H3. The van der Waals surface area contributed by atoms with Gasteiger partial charge in [-0.3, -0.25) is 9.59 Å². The minimum atomic E-state index is -0.654. The number of rotatable bonds is 6. The number of para-hydroxylation sites is 3. The average Bonchev–Trinajstić information content (AvgIpc) is 2.77. The minimum Gasteiger partial charge on any atom is -0.486 e. The lowest BCUT2D eigenvalue weighted by Crippen LogP contribution is -2.41. The molecule has 0 amide bonds. The molecule has 0 aromatic heterocycles. The van der Waals surface area contributed by atoms with Crippen LogP contribution in [0.4, 0.5) is 17.1 Å². The topological polar surface area (TPSA) is 103 Å². The van der Waals surface area contributed by atoms with Gasteiger partial charge in [-0.05, 0) is 24.3 Å². The molecule has 1 aliphatic rings. The van der Waals surface area contributed by atoms with Crippen LogP contribution in [0.3, 0.4) is 0 Å². The second kappa shape index (κ2) is 7.67.